The monoisotopic (exact) mass is 202 g/mol. The van der Waals surface area contributed by atoms with Gasteiger partial charge >= 0.3 is 0 Å². The van der Waals surface area contributed by atoms with Crippen LogP contribution in [0.4, 0.5) is 0 Å². The SMILES string of the molecule is CCCCc1ncc(-c2cncnc2)[nH]1. The van der Waals surface area contributed by atoms with E-state index in [1.54, 1.807) is 12.4 Å². The van der Waals surface area contributed by atoms with Crippen molar-refractivity contribution in [2.45, 2.75) is 26.2 Å². The van der Waals surface area contributed by atoms with Gasteiger partial charge in [-0.05, 0) is 6.42 Å². The Morgan fingerprint density at radius 2 is 2.00 bits per heavy atom. The molecule has 78 valence electrons. The molecule has 0 saturated heterocycles. The maximum absolute atomic E-state index is 4.32. The van der Waals surface area contributed by atoms with E-state index in [2.05, 4.69) is 26.9 Å². The van der Waals surface area contributed by atoms with Gasteiger partial charge in [-0.25, -0.2) is 15.0 Å². The maximum atomic E-state index is 4.32. The van der Waals surface area contributed by atoms with Gasteiger partial charge in [0.05, 0.1) is 11.9 Å². The molecule has 2 aromatic heterocycles. The summed E-state index contributed by atoms with van der Waals surface area (Å²) >= 11 is 0. The van der Waals surface area contributed by atoms with Crippen molar-refractivity contribution in [2.24, 2.45) is 0 Å². The quantitative estimate of drug-likeness (QED) is 0.827. The van der Waals surface area contributed by atoms with E-state index in [0.29, 0.717) is 0 Å². The van der Waals surface area contributed by atoms with Crippen molar-refractivity contribution in [1.29, 1.82) is 0 Å². The third-order valence-corrected chi connectivity index (χ3v) is 2.27. The van der Waals surface area contributed by atoms with E-state index in [4.69, 9.17) is 0 Å². The molecule has 0 atom stereocenters. The Labute approximate surface area is 88.8 Å². The minimum atomic E-state index is 0.979. The summed E-state index contributed by atoms with van der Waals surface area (Å²) in [5.41, 5.74) is 1.97. The Balaban J connectivity index is 2.14. The number of aryl methyl sites for hydroxylation is 1. The molecular formula is C11H14N4. The topological polar surface area (TPSA) is 54.5 Å². The summed E-state index contributed by atoms with van der Waals surface area (Å²) in [5.74, 6) is 1.04. The fourth-order valence-corrected chi connectivity index (χ4v) is 1.42. The molecule has 0 bridgehead atoms. The number of unbranched alkanes of at least 4 members (excludes halogenated alkanes) is 1. The molecule has 0 amide bonds. The number of imidazole rings is 1. The van der Waals surface area contributed by atoms with Gasteiger partial charge in [-0.3, -0.25) is 0 Å². The summed E-state index contributed by atoms with van der Waals surface area (Å²) in [6.07, 6.45) is 10.3. The lowest BCUT2D eigenvalue weighted by Crippen LogP contribution is -1.87. The van der Waals surface area contributed by atoms with Crippen LogP contribution in [-0.4, -0.2) is 19.9 Å². The first-order valence-electron chi connectivity index (χ1n) is 5.19. The summed E-state index contributed by atoms with van der Waals surface area (Å²) in [6, 6.07) is 0. The van der Waals surface area contributed by atoms with E-state index in [1.807, 2.05) is 6.20 Å². The van der Waals surface area contributed by atoms with Gasteiger partial charge in [-0.15, -0.1) is 0 Å². The van der Waals surface area contributed by atoms with E-state index in [0.717, 1.165) is 29.9 Å². The summed E-state index contributed by atoms with van der Waals surface area (Å²) in [6.45, 7) is 2.18. The number of H-pyrrole nitrogens is 1. The molecule has 0 spiro atoms. The number of hydrogen-bond acceptors (Lipinski definition) is 3. The number of hydrogen-bond donors (Lipinski definition) is 1. The van der Waals surface area contributed by atoms with Crippen LogP contribution in [0.3, 0.4) is 0 Å². The summed E-state index contributed by atoms with van der Waals surface area (Å²) in [7, 11) is 0. The second-order valence-electron chi connectivity index (χ2n) is 3.47. The largest absolute Gasteiger partial charge is 0.342 e. The lowest BCUT2D eigenvalue weighted by atomic mass is 10.2. The number of aromatic nitrogens is 4. The van der Waals surface area contributed by atoms with E-state index >= 15 is 0 Å². The molecule has 2 heterocycles. The Morgan fingerprint density at radius 3 is 2.73 bits per heavy atom. The van der Waals surface area contributed by atoms with Crippen LogP contribution in [0.2, 0.25) is 0 Å². The van der Waals surface area contributed by atoms with Crippen LogP contribution in [0, 0.1) is 0 Å². The van der Waals surface area contributed by atoms with E-state index in [-0.39, 0.29) is 0 Å². The van der Waals surface area contributed by atoms with Crippen LogP contribution in [0.25, 0.3) is 11.3 Å². The molecule has 0 aliphatic heterocycles. The van der Waals surface area contributed by atoms with Crippen molar-refractivity contribution < 1.29 is 0 Å². The second-order valence-corrected chi connectivity index (χ2v) is 3.47. The summed E-state index contributed by atoms with van der Waals surface area (Å²) in [5, 5.41) is 0. The van der Waals surface area contributed by atoms with Gasteiger partial charge in [-0.2, -0.15) is 0 Å². The van der Waals surface area contributed by atoms with Crippen LogP contribution in [0.15, 0.2) is 24.9 Å². The molecule has 1 N–H and O–H groups in total. The van der Waals surface area contributed by atoms with Gasteiger partial charge in [0, 0.05) is 24.4 Å². The molecule has 15 heavy (non-hydrogen) atoms. The molecule has 0 fully saturated rings. The molecule has 0 radical (unpaired) electrons. The van der Waals surface area contributed by atoms with Crippen molar-refractivity contribution >= 4 is 0 Å². The molecule has 2 rings (SSSR count). The molecule has 4 nitrogen and oxygen atoms in total. The molecular weight excluding hydrogens is 188 g/mol. The first kappa shape index (κ1) is 9.83. The first-order chi connectivity index (χ1) is 7.40. The zero-order chi connectivity index (χ0) is 10.5. The highest BCUT2D eigenvalue weighted by atomic mass is 14.9. The lowest BCUT2D eigenvalue weighted by molar-refractivity contribution is 0.763. The Bertz CT molecular complexity index is 408. The van der Waals surface area contributed by atoms with Gasteiger partial charge in [0.2, 0.25) is 0 Å². The zero-order valence-corrected chi connectivity index (χ0v) is 8.77. The fraction of sp³-hybridized carbons (Fsp3) is 0.364. The van der Waals surface area contributed by atoms with Gasteiger partial charge in [0.25, 0.3) is 0 Å². The molecule has 0 unspecified atom stereocenters. The third kappa shape index (κ3) is 2.40. The molecule has 4 heteroatoms. The predicted molar refractivity (Wildman–Crippen MR) is 58.2 cm³/mol. The first-order valence-corrected chi connectivity index (χ1v) is 5.19. The van der Waals surface area contributed by atoms with Crippen molar-refractivity contribution in [3.8, 4) is 11.3 Å². The highest BCUT2D eigenvalue weighted by Gasteiger charge is 2.02. The average molecular weight is 202 g/mol. The van der Waals surface area contributed by atoms with Crippen molar-refractivity contribution in [3.05, 3.63) is 30.7 Å². The minimum Gasteiger partial charge on any atom is -0.342 e. The highest BCUT2D eigenvalue weighted by molar-refractivity contribution is 5.55. The van der Waals surface area contributed by atoms with Crippen LogP contribution in [-0.2, 0) is 6.42 Å². The highest BCUT2D eigenvalue weighted by Crippen LogP contribution is 2.14. The molecule has 0 saturated carbocycles. The fourth-order valence-electron chi connectivity index (χ4n) is 1.42. The Morgan fingerprint density at radius 1 is 1.20 bits per heavy atom. The molecule has 0 aliphatic carbocycles. The van der Waals surface area contributed by atoms with Crippen LogP contribution in [0.1, 0.15) is 25.6 Å². The van der Waals surface area contributed by atoms with Crippen molar-refractivity contribution in [1.82, 2.24) is 19.9 Å². The number of rotatable bonds is 4. The number of nitrogens with one attached hydrogen (secondary N) is 1. The predicted octanol–water partition coefficient (Wildman–Crippen LogP) is 2.21. The molecule has 0 aromatic carbocycles. The molecule has 0 aliphatic rings. The van der Waals surface area contributed by atoms with Crippen LogP contribution in [0.5, 0.6) is 0 Å². The van der Waals surface area contributed by atoms with Crippen molar-refractivity contribution in [3.63, 3.8) is 0 Å². The number of nitrogens with zero attached hydrogens (tertiary/aromatic N) is 3. The lowest BCUT2D eigenvalue weighted by Gasteiger charge is -1.95. The van der Waals surface area contributed by atoms with Crippen LogP contribution >= 0.6 is 0 Å². The van der Waals surface area contributed by atoms with E-state index in [9.17, 15) is 0 Å². The Kier molecular flexibility index (Phi) is 3.07. The third-order valence-electron chi connectivity index (χ3n) is 2.27. The van der Waals surface area contributed by atoms with Crippen LogP contribution < -0.4 is 0 Å². The smallest absolute Gasteiger partial charge is 0.115 e. The summed E-state index contributed by atoms with van der Waals surface area (Å²) in [4.78, 5) is 15.5. The minimum absolute atomic E-state index is 0.979. The summed E-state index contributed by atoms with van der Waals surface area (Å²) < 4.78 is 0. The van der Waals surface area contributed by atoms with E-state index in [1.165, 1.54) is 12.7 Å². The van der Waals surface area contributed by atoms with Gasteiger partial charge in [-0.1, -0.05) is 13.3 Å². The van der Waals surface area contributed by atoms with Gasteiger partial charge in [0.1, 0.15) is 12.2 Å². The van der Waals surface area contributed by atoms with Crippen molar-refractivity contribution in [2.75, 3.05) is 0 Å². The molecule has 2 aromatic rings. The maximum Gasteiger partial charge on any atom is 0.115 e. The van der Waals surface area contributed by atoms with Gasteiger partial charge in [0.15, 0.2) is 0 Å². The standard InChI is InChI=1S/C11H14N4/c1-2-3-4-11-14-7-10(15-11)9-5-12-8-13-6-9/h5-8H,2-4H2,1H3,(H,14,15). The zero-order valence-electron chi connectivity index (χ0n) is 8.77. The normalized spacial score (nSPS) is 10.5. The second kappa shape index (κ2) is 4.68. The number of aromatic amines is 1. The van der Waals surface area contributed by atoms with Gasteiger partial charge < -0.3 is 4.98 Å². The Hall–Kier alpha value is -1.71. The average Bonchev–Trinajstić information content (AvgIpc) is 2.76. The van der Waals surface area contributed by atoms with E-state index < -0.39 is 0 Å².